The number of rotatable bonds is 4. The molecule has 0 heterocycles. The summed E-state index contributed by atoms with van der Waals surface area (Å²) in [5.74, 6) is -0.178. The van der Waals surface area contributed by atoms with Gasteiger partial charge >= 0.3 is 0 Å². The molecule has 3 heteroatoms. The molecule has 0 rings (SSSR count). The van der Waals surface area contributed by atoms with Crippen LogP contribution in [0.5, 0.6) is 0 Å². The molecule has 0 spiro atoms. The zero-order chi connectivity index (χ0) is 11.4. The number of carbonyl (C=O) groups excluding carboxylic acids is 2. The second kappa shape index (κ2) is 11.5. The molecule has 14 heavy (non-hydrogen) atoms. The third-order valence-electron chi connectivity index (χ3n) is 0.976. The van der Waals surface area contributed by atoms with Gasteiger partial charge in [-0.2, -0.15) is 0 Å². The SMILES string of the molecule is C/C=C\C=C(\C=O)N=CC(C)=O.CC. The van der Waals surface area contributed by atoms with E-state index < -0.39 is 0 Å². The molecule has 0 radical (unpaired) electrons. The molecule has 0 bridgehead atoms. The second-order valence-corrected chi connectivity index (χ2v) is 2.10. The summed E-state index contributed by atoms with van der Waals surface area (Å²) in [4.78, 5) is 24.4. The van der Waals surface area contributed by atoms with Crippen molar-refractivity contribution in [3.63, 3.8) is 0 Å². The van der Waals surface area contributed by atoms with Crippen LogP contribution in [0.3, 0.4) is 0 Å². The average Bonchev–Trinajstić information content (AvgIpc) is 2.21. The Hall–Kier alpha value is -1.51. The van der Waals surface area contributed by atoms with Crippen LogP contribution in [0.2, 0.25) is 0 Å². The molecule has 0 saturated carbocycles. The van der Waals surface area contributed by atoms with Gasteiger partial charge in [0, 0.05) is 6.92 Å². The Morgan fingerprint density at radius 2 is 1.86 bits per heavy atom. The van der Waals surface area contributed by atoms with E-state index in [9.17, 15) is 9.59 Å². The van der Waals surface area contributed by atoms with E-state index in [1.54, 1.807) is 12.2 Å². The fourth-order valence-corrected chi connectivity index (χ4v) is 0.473. The molecule has 0 aromatic rings. The molecule has 0 atom stereocenters. The summed E-state index contributed by atoms with van der Waals surface area (Å²) in [6.45, 7) is 7.20. The monoisotopic (exact) mass is 195 g/mol. The van der Waals surface area contributed by atoms with E-state index in [0.29, 0.717) is 6.29 Å². The Morgan fingerprint density at radius 3 is 2.21 bits per heavy atom. The van der Waals surface area contributed by atoms with Gasteiger partial charge in [-0.1, -0.05) is 26.0 Å². The van der Waals surface area contributed by atoms with Gasteiger partial charge in [0.05, 0.1) is 6.21 Å². The number of allylic oxidation sites excluding steroid dienone is 4. The predicted molar refractivity (Wildman–Crippen MR) is 59.5 cm³/mol. The van der Waals surface area contributed by atoms with Crippen molar-refractivity contribution in [3.05, 3.63) is 23.9 Å². The largest absolute Gasteiger partial charge is 0.296 e. The van der Waals surface area contributed by atoms with Gasteiger partial charge in [-0.3, -0.25) is 9.59 Å². The van der Waals surface area contributed by atoms with Gasteiger partial charge in [-0.15, -0.1) is 0 Å². The van der Waals surface area contributed by atoms with Crippen LogP contribution in [0.4, 0.5) is 0 Å². The van der Waals surface area contributed by atoms with E-state index in [1.807, 2.05) is 20.8 Å². The van der Waals surface area contributed by atoms with Crippen LogP contribution in [0.25, 0.3) is 0 Å². The highest BCUT2D eigenvalue weighted by Crippen LogP contribution is 1.91. The van der Waals surface area contributed by atoms with Gasteiger partial charge in [0.1, 0.15) is 5.70 Å². The van der Waals surface area contributed by atoms with Gasteiger partial charge in [-0.25, -0.2) is 4.99 Å². The number of hydrogen-bond acceptors (Lipinski definition) is 3. The maximum absolute atomic E-state index is 10.4. The minimum Gasteiger partial charge on any atom is -0.296 e. The van der Waals surface area contributed by atoms with E-state index in [-0.39, 0.29) is 11.5 Å². The van der Waals surface area contributed by atoms with E-state index in [2.05, 4.69) is 4.99 Å². The van der Waals surface area contributed by atoms with Crippen molar-refractivity contribution in [2.75, 3.05) is 0 Å². The summed E-state index contributed by atoms with van der Waals surface area (Å²) in [7, 11) is 0. The zero-order valence-electron chi connectivity index (χ0n) is 9.15. The summed E-state index contributed by atoms with van der Waals surface area (Å²) in [6.07, 6.45) is 6.70. The molecule has 3 nitrogen and oxygen atoms in total. The minimum absolute atomic E-state index is 0.178. The van der Waals surface area contributed by atoms with Gasteiger partial charge in [0.15, 0.2) is 12.1 Å². The highest BCUT2D eigenvalue weighted by molar-refractivity contribution is 6.26. The third kappa shape index (κ3) is 10.5. The van der Waals surface area contributed by atoms with Crippen LogP contribution in [0.15, 0.2) is 28.9 Å². The van der Waals surface area contributed by atoms with E-state index in [1.165, 1.54) is 13.0 Å². The molecule has 0 aromatic carbocycles. The lowest BCUT2D eigenvalue weighted by molar-refractivity contribution is -0.110. The van der Waals surface area contributed by atoms with Gasteiger partial charge < -0.3 is 0 Å². The standard InChI is InChI=1S/C9H11NO2.C2H6/c1-3-4-5-9(7-11)10-6-8(2)12;1-2/h3-7H,1-2H3;1-2H3/b4-3-,9-5-,10-6?;. The quantitative estimate of drug-likeness (QED) is 0.299. The van der Waals surface area contributed by atoms with E-state index in [0.717, 1.165) is 6.21 Å². The van der Waals surface area contributed by atoms with Crippen molar-refractivity contribution in [1.29, 1.82) is 0 Å². The maximum atomic E-state index is 10.4. The Kier molecular flexibility index (Phi) is 12.3. The fraction of sp³-hybridized carbons (Fsp3) is 0.364. The molecule has 0 fully saturated rings. The highest BCUT2D eigenvalue weighted by Gasteiger charge is 1.88. The van der Waals surface area contributed by atoms with Crippen molar-refractivity contribution in [3.8, 4) is 0 Å². The van der Waals surface area contributed by atoms with E-state index in [4.69, 9.17) is 0 Å². The summed E-state index contributed by atoms with van der Waals surface area (Å²) >= 11 is 0. The highest BCUT2D eigenvalue weighted by atomic mass is 16.1. The van der Waals surface area contributed by atoms with Crippen molar-refractivity contribution < 1.29 is 9.59 Å². The molecule has 0 aromatic heterocycles. The van der Waals surface area contributed by atoms with Crippen LogP contribution in [0.1, 0.15) is 27.7 Å². The van der Waals surface area contributed by atoms with Crippen LogP contribution in [-0.2, 0) is 9.59 Å². The lowest BCUT2D eigenvalue weighted by Gasteiger charge is -1.84. The number of carbonyl (C=O) groups is 2. The molecule has 0 saturated heterocycles. The van der Waals surface area contributed by atoms with Gasteiger partial charge in [0.2, 0.25) is 0 Å². The average molecular weight is 195 g/mol. The number of aliphatic imine (C=N–C) groups is 1. The Labute approximate surface area is 85.2 Å². The van der Waals surface area contributed by atoms with Crippen LogP contribution < -0.4 is 0 Å². The van der Waals surface area contributed by atoms with Crippen molar-refractivity contribution in [1.82, 2.24) is 0 Å². The molecule has 0 unspecified atom stereocenters. The second-order valence-electron chi connectivity index (χ2n) is 2.10. The lowest BCUT2D eigenvalue weighted by Crippen LogP contribution is -1.91. The summed E-state index contributed by atoms with van der Waals surface area (Å²) in [6, 6.07) is 0. The summed E-state index contributed by atoms with van der Waals surface area (Å²) in [5.41, 5.74) is 0.239. The smallest absolute Gasteiger partial charge is 0.170 e. The zero-order valence-corrected chi connectivity index (χ0v) is 9.15. The minimum atomic E-state index is -0.178. The number of aldehydes is 1. The maximum Gasteiger partial charge on any atom is 0.170 e. The van der Waals surface area contributed by atoms with Crippen LogP contribution in [0, 0.1) is 0 Å². The number of hydrogen-bond donors (Lipinski definition) is 0. The first-order chi connectivity index (χ1) is 6.70. The normalized spacial score (nSPS) is 11.3. The fourth-order valence-electron chi connectivity index (χ4n) is 0.473. The van der Waals surface area contributed by atoms with Crippen molar-refractivity contribution >= 4 is 18.3 Å². The first kappa shape index (κ1) is 15.0. The van der Waals surface area contributed by atoms with Gasteiger partial charge in [0.25, 0.3) is 0 Å². The lowest BCUT2D eigenvalue weighted by atomic mass is 10.4. The molecule has 0 amide bonds. The summed E-state index contributed by atoms with van der Waals surface area (Å²) < 4.78 is 0. The van der Waals surface area contributed by atoms with Crippen molar-refractivity contribution in [2.45, 2.75) is 27.7 Å². The number of ketones is 1. The summed E-state index contributed by atoms with van der Waals surface area (Å²) in [5, 5.41) is 0. The van der Waals surface area contributed by atoms with Crippen LogP contribution in [-0.4, -0.2) is 18.3 Å². The van der Waals surface area contributed by atoms with E-state index >= 15 is 0 Å². The molecule has 0 aliphatic rings. The first-order valence-corrected chi connectivity index (χ1v) is 4.53. The molecule has 0 N–H and O–H groups in total. The Balaban J connectivity index is 0. The number of nitrogens with zero attached hydrogens (tertiary/aromatic N) is 1. The Morgan fingerprint density at radius 1 is 1.29 bits per heavy atom. The van der Waals surface area contributed by atoms with Crippen LogP contribution >= 0.6 is 0 Å². The third-order valence-corrected chi connectivity index (χ3v) is 0.976. The van der Waals surface area contributed by atoms with Gasteiger partial charge in [-0.05, 0) is 13.0 Å². The molecular weight excluding hydrogens is 178 g/mol. The van der Waals surface area contributed by atoms with Crippen molar-refractivity contribution in [2.24, 2.45) is 4.99 Å². The number of Topliss-reactive ketones (excluding diaryl/α,β-unsaturated/α-hetero) is 1. The predicted octanol–water partition coefficient (Wildman–Crippen LogP) is 2.33. The molecule has 0 aliphatic carbocycles. The first-order valence-electron chi connectivity index (χ1n) is 4.53. The molecule has 78 valence electrons. The molecular formula is C11H17NO2. The Bertz CT molecular complexity index is 250. The molecule has 0 aliphatic heterocycles. The topological polar surface area (TPSA) is 46.5 Å².